The molecule has 0 rings (SSSR count). The first kappa shape index (κ1) is 61.6. The number of carbonyl (C=O) groups excluding carboxylic acids is 2. The third-order valence-electron chi connectivity index (χ3n) is 12.0. The van der Waals surface area contributed by atoms with E-state index in [1.165, 1.54) is 167 Å². The molecule has 0 fully saturated rings. The van der Waals surface area contributed by atoms with E-state index in [0.29, 0.717) is 19.4 Å². The van der Waals surface area contributed by atoms with Gasteiger partial charge in [-0.2, -0.15) is 0 Å². The average Bonchev–Trinajstić information content (AvgIpc) is 3.30. The van der Waals surface area contributed by atoms with Crippen molar-refractivity contribution in [2.75, 3.05) is 19.8 Å². The van der Waals surface area contributed by atoms with Crippen molar-refractivity contribution >= 4 is 11.9 Å². The van der Waals surface area contributed by atoms with Crippen molar-refractivity contribution in [3.63, 3.8) is 0 Å². The Labute approximate surface area is 398 Å². The number of allylic oxidation sites excluding steroid dienone is 10. The first-order valence-electron chi connectivity index (χ1n) is 27.8. The van der Waals surface area contributed by atoms with Crippen molar-refractivity contribution in [2.45, 2.75) is 284 Å². The molecule has 0 aliphatic heterocycles. The number of ether oxygens (including phenoxy) is 3. The first-order chi connectivity index (χ1) is 31.6. The number of hydrogen-bond acceptors (Lipinski definition) is 5. The molecule has 0 radical (unpaired) electrons. The zero-order valence-electron chi connectivity index (χ0n) is 42.8. The smallest absolute Gasteiger partial charge is 0.306 e. The van der Waals surface area contributed by atoms with Gasteiger partial charge in [0.25, 0.3) is 0 Å². The van der Waals surface area contributed by atoms with E-state index >= 15 is 0 Å². The molecule has 0 bridgehead atoms. The second-order valence-corrected chi connectivity index (χ2v) is 18.5. The number of esters is 2. The lowest BCUT2D eigenvalue weighted by atomic mass is 10.0. The summed E-state index contributed by atoms with van der Waals surface area (Å²) in [5.74, 6) is -0.411. The van der Waals surface area contributed by atoms with Crippen LogP contribution in [0.3, 0.4) is 0 Å². The molecule has 5 nitrogen and oxygen atoms in total. The minimum absolute atomic E-state index is 0.0758. The standard InChI is InChI=1S/C59H106O5/c1-4-7-10-13-16-19-22-25-28-30-32-34-37-40-43-46-49-52-58(60)63-56-57(55-62-54-51-48-45-42-39-36-33-29-26-23-20-17-14-11-8-5-2)64-59(61)53-50-47-44-41-38-35-31-27-24-21-18-15-12-9-6-3/h9,12,17-18,20-21,26-27,29,31,57H,4-8,10-11,13-16,19,22-25,28,30,32-56H2,1-3H3/b12-9-,20-17-,21-18-,29-26-,31-27-. The number of rotatable bonds is 51. The predicted octanol–water partition coefficient (Wildman–Crippen LogP) is 18.9. The monoisotopic (exact) mass is 895 g/mol. The van der Waals surface area contributed by atoms with Crippen LogP contribution in [0, 0.1) is 0 Å². The van der Waals surface area contributed by atoms with Crippen LogP contribution < -0.4 is 0 Å². The maximum atomic E-state index is 12.8. The molecule has 64 heavy (non-hydrogen) atoms. The Balaban J connectivity index is 4.29. The van der Waals surface area contributed by atoms with Crippen molar-refractivity contribution < 1.29 is 23.8 Å². The van der Waals surface area contributed by atoms with Crippen LogP contribution >= 0.6 is 0 Å². The SMILES string of the molecule is CC/C=C\C/C=C\C/C=C\CCCCCCCC(=O)OC(COCCCCCCCC/C=C\C/C=C\CCCCC)COC(=O)CCCCCCCCCCCCCCCCCCC. The summed E-state index contributed by atoms with van der Waals surface area (Å²) in [6.07, 6.45) is 69.5. The number of unbranched alkanes of at least 4 members (excludes halogenated alkanes) is 30. The van der Waals surface area contributed by atoms with E-state index in [1.54, 1.807) is 0 Å². The van der Waals surface area contributed by atoms with Crippen molar-refractivity contribution in [3.05, 3.63) is 60.8 Å². The van der Waals surface area contributed by atoms with Crippen LogP contribution in [0.2, 0.25) is 0 Å². The summed E-state index contributed by atoms with van der Waals surface area (Å²) in [7, 11) is 0. The third kappa shape index (κ3) is 52.2. The Morgan fingerprint density at radius 1 is 0.359 bits per heavy atom. The van der Waals surface area contributed by atoms with Crippen molar-refractivity contribution in [1.29, 1.82) is 0 Å². The highest BCUT2D eigenvalue weighted by molar-refractivity contribution is 5.70. The van der Waals surface area contributed by atoms with Gasteiger partial charge >= 0.3 is 11.9 Å². The maximum Gasteiger partial charge on any atom is 0.306 e. The largest absolute Gasteiger partial charge is 0.462 e. The van der Waals surface area contributed by atoms with Crippen molar-refractivity contribution in [2.24, 2.45) is 0 Å². The van der Waals surface area contributed by atoms with Gasteiger partial charge in [0.05, 0.1) is 6.61 Å². The van der Waals surface area contributed by atoms with E-state index in [0.717, 1.165) is 77.0 Å². The molecule has 1 atom stereocenters. The van der Waals surface area contributed by atoms with E-state index in [-0.39, 0.29) is 25.2 Å². The third-order valence-corrected chi connectivity index (χ3v) is 12.0. The molecule has 0 aromatic heterocycles. The van der Waals surface area contributed by atoms with Crippen LogP contribution in [0.15, 0.2) is 60.8 Å². The normalized spacial score (nSPS) is 12.6. The zero-order valence-corrected chi connectivity index (χ0v) is 42.8. The molecule has 1 unspecified atom stereocenters. The summed E-state index contributed by atoms with van der Waals surface area (Å²) in [4.78, 5) is 25.5. The molecule has 0 saturated heterocycles. The zero-order chi connectivity index (χ0) is 46.3. The van der Waals surface area contributed by atoms with E-state index in [2.05, 4.69) is 81.5 Å². The molecule has 0 N–H and O–H groups in total. The van der Waals surface area contributed by atoms with E-state index in [9.17, 15) is 9.59 Å². The fourth-order valence-corrected chi connectivity index (χ4v) is 7.91. The van der Waals surface area contributed by atoms with Crippen molar-refractivity contribution in [1.82, 2.24) is 0 Å². The molecule has 0 aliphatic carbocycles. The topological polar surface area (TPSA) is 61.8 Å². The van der Waals surface area contributed by atoms with Crippen LogP contribution in [0.1, 0.15) is 278 Å². The Kier molecular flexibility index (Phi) is 52.9. The van der Waals surface area contributed by atoms with E-state index in [1.807, 2.05) is 0 Å². The molecule has 0 aromatic rings. The molecular weight excluding hydrogens is 789 g/mol. The van der Waals surface area contributed by atoms with Gasteiger partial charge in [0.1, 0.15) is 6.61 Å². The van der Waals surface area contributed by atoms with Gasteiger partial charge in [-0.15, -0.1) is 0 Å². The number of carbonyl (C=O) groups is 2. The van der Waals surface area contributed by atoms with Crippen LogP contribution in [0.5, 0.6) is 0 Å². The summed E-state index contributed by atoms with van der Waals surface area (Å²) in [5.41, 5.74) is 0. The minimum Gasteiger partial charge on any atom is -0.462 e. The quantitative estimate of drug-likeness (QED) is 0.0346. The minimum atomic E-state index is -0.550. The van der Waals surface area contributed by atoms with Gasteiger partial charge in [0.2, 0.25) is 0 Å². The van der Waals surface area contributed by atoms with Crippen LogP contribution in [-0.2, 0) is 23.8 Å². The molecule has 0 aromatic carbocycles. The van der Waals surface area contributed by atoms with E-state index in [4.69, 9.17) is 14.2 Å². The summed E-state index contributed by atoms with van der Waals surface area (Å²) in [6.45, 7) is 7.69. The Bertz CT molecular complexity index is 1100. The highest BCUT2D eigenvalue weighted by atomic mass is 16.6. The second kappa shape index (κ2) is 54.9. The highest BCUT2D eigenvalue weighted by Gasteiger charge is 2.17. The Morgan fingerprint density at radius 3 is 1.16 bits per heavy atom. The summed E-state index contributed by atoms with van der Waals surface area (Å²) in [5, 5.41) is 0. The maximum absolute atomic E-state index is 12.8. The number of hydrogen-bond donors (Lipinski definition) is 0. The highest BCUT2D eigenvalue weighted by Crippen LogP contribution is 2.16. The van der Waals surface area contributed by atoms with Gasteiger partial charge in [-0.25, -0.2) is 0 Å². The Morgan fingerprint density at radius 2 is 0.703 bits per heavy atom. The molecule has 5 heteroatoms. The lowest BCUT2D eigenvalue weighted by Crippen LogP contribution is -2.30. The van der Waals surface area contributed by atoms with Gasteiger partial charge in [-0.3, -0.25) is 9.59 Å². The van der Waals surface area contributed by atoms with Gasteiger partial charge in [0, 0.05) is 19.4 Å². The molecule has 0 spiro atoms. The van der Waals surface area contributed by atoms with Crippen LogP contribution in [0.4, 0.5) is 0 Å². The van der Waals surface area contributed by atoms with E-state index < -0.39 is 6.10 Å². The van der Waals surface area contributed by atoms with Crippen molar-refractivity contribution in [3.8, 4) is 0 Å². The summed E-state index contributed by atoms with van der Waals surface area (Å²) < 4.78 is 17.4. The molecule has 0 aliphatic rings. The van der Waals surface area contributed by atoms with Gasteiger partial charge in [-0.05, 0) is 83.5 Å². The summed E-state index contributed by atoms with van der Waals surface area (Å²) in [6, 6.07) is 0. The predicted molar refractivity (Wildman–Crippen MR) is 279 cm³/mol. The first-order valence-corrected chi connectivity index (χ1v) is 27.8. The summed E-state index contributed by atoms with van der Waals surface area (Å²) >= 11 is 0. The second-order valence-electron chi connectivity index (χ2n) is 18.5. The molecule has 0 amide bonds. The molecule has 0 saturated carbocycles. The van der Waals surface area contributed by atoms with Gasteiger partial charge in [0.15, 0.2) is 6.10 Å². The molecular formula is C59H106O5. The molecule has 0 heterocycles. The van der Waals surface area contributed by atoms with Gasteiger partial charge < -0.3 is 14.2 Å². The van der Waals surface area contributed by atoms with Crippen LogP contribution in [-0.4, -0.2) is 37.9 Å². The van der Waals surface area contributed by atoms with Gasteiger partial charge in [-0.1, -0.05) is 242 Å². The Hall–Kier alpha value is -2.40. The lowest BCUT2D eigenvalue weighted by molar-refractivity contribution is -0.163. The fourth-order valence-electron chi connectivity index (χ4n) is 7.91. The average molecular weight is 895 g/mol. The van der Waals surface area contributed by atoms with Crippen LogP contribution in [0.25, 0.3) is 0 Å². The molecule has 372 valence electrons. The fraction of sp³-hybridized carbons (Fsp3) is 0.797. The lowest BCUT2D eigenvalue weighted by Gasteiger charge is -2.18.